The molecule has 2 heteroatoms. The van der Waals surface area contributed by atoms with Crippen molar-refractivity contribution >= 4 is 12.2 Å². The molecule has 0 unspecified atom stereocenters. The lowest BCUT2D eigenvalue weighted by molar-refractivity contribution is 1.13. The topological polar surface area (TPSA) is 28.7 Å². The molecule has 0 aliphatic rings. The van der Waals surface area contributed by atoms with Gasteiger partial charge in [0.15, 0.2) is 0 Å². The zero-order valence-electron chi connectivity index (χ0n) is 8.46. The first-order valence-corrected chi connectivity index (χ1v) is 4.63. The predicted octanol–water partition coefficient (Wildman–Crippen LogP) is 1.27. The number of allylic oxidation sites excluding steroid dienone is 2. The van der Waals surface area contributed by atoms with E-state index in [0.29, 0.717) is 0 Å². The van der Waals surface area contributed by atoms with Gasteiger partial charge in [0, 0.05) is 0 Å². The van der Waals surface area contributed by atoms with E-state index in [4.69, 9.17) is 0 Å². The molecule has 0 saturated carbocycles. The van der Waals surface area contributed by atoms with Crippen molar-refractivity contribution in [3.8, 4) is 0 Å². The van der Waals surface area contributed by atoms with Crippen molar-refractivity contribution in [1.82, 2.24) is 9.97 Å². The van der Waals surface area contributed by atoms with Crippen LogP contribution in [0.2, 0.25) is 0 Å². The van der Waals surface area contributed by atoms with Crippen LogP contribution in [0.25, 0.3) is 12.2 Å². The SMILES string of the molecule is C\C=C/C=c1/[nH]c(C)n/c1=C/CC. The number of imidazole rings is 1. The van der Waals surface area contributed by atoms with Crippen LogP contribution in [0.1, 0.15) is 26.1 Å². The van der Waals surface area contributed by atoms with Gasteiger partial charge in [-0.15, -0.1) is 0 Å². The number of aromatic amines is 1. The standard InChI is InChI=1S/C11H16N2/c1-4-6-8-11-10(7-5-2)12-9(3)13-11/h4,6-8H,5H2,1-3H3,(H,12,13)/b6-4-,10-7+,11-8+. The molecule has 0 atom stereocenters. The second-order valence-electron chi connectivity index (χ2n) is 2.93. The average Bonchev–Trinajstić information content (AvgIpc) is 2.44. The minimum absolute atomic E-state index is 0.968. The zero-order chi connectivity index (χ0) is 9.68. The van der Waals surface area contributed by atoms with Crippen LogP contribution < -0.4 is 10.7 Å². The molecule has 0 radical (unpaired) electrons. The number of nitrogens with one attached hydrogen (secondary N) is 1. The molecule has 0 aliphatic heterocycles. The maximum absolute atomic E-state index is 4.38. The van der Waals surface area contributed by atoms with Crippen LogP contribution in [0.5, 0.6) is 0 Å². The number of aromatic nitrogens is 2. The molecule has 1 N–H and O–H groups in total. The molecule has 1 rings (SSSR count). The highest BCUT2D eigenvalue weighted by atomic mass is 14.9. The summed E-state index contributed by atoms with van der Waals surface area (Å²) in [7, 11) is 0. The maximum Gasteiger partial charge on any atom is 0.104 e. The van der Waals surface area contributed by atoms with Gasteiger partial charge in [-0.25, -0.2) is 4.98 Å². The van der Waals surface area contributed by atoms with E-state index in [9.17, 15) is 0 Å². The summed E-state index contributed by atoms with van der Waals surface area (Å²) in [5, 5.41) is 2.15. The van der Waals surface area contributed by atoms with Gasteiger partial charge in [0.05, 0.1) is 10.7 Å². The average molecular weight is 176 g/mol. The molecule has 2 nitrogen and oxygen atoms in total. The van der Waals surface area contributed by atoms with E-state index in [-0.39, 0.29) is 0 Å². The monoisotopic (exact) mass is 176 g/mol. The fourth-order valence-corrected chi connectivity index (χ4v) is 1.20. The van der Waals surface area contributed by atoms with Crippen LogP contribution >= 0.6 is 0 Å². The Labute approximate surface area is 78.7 Å². The highest BCUT2D eigenvalue weighted by Crippen LogP contribution is 1.77. The Kier molecular flexibility index (Phi) is 3.50. The summed E-state index contributed by atoms with van der Waals surface area (Å²) in [6, 6.07) is 0. The van der Waals surface area contributed by atoms with Crippen molar-refractivity contribution in [2.75, 3.05) is 0 Å². The molecule has 0 bridgehead atoms. The van der Waals surface area contributed by atoms with Gasteiger partial charge in [0.1, 0.15) is 5.82 Å². The summed E-state index contributed by atoms with van der Waals surface area (Å²) in [6.45, 7) is 6.09. The number of rotatable bonds is 2. The molecule has 0 aliphatic carbocycles. The van der Waals surface area contributed by atoms with E-state index < -0.39 is 0 Å². The van der Waals surface area contributed by atoms with Crippen LogP contribution in [-0.4, -0.2) is 9.97 Å². The Balaban J connectivity index is 3.27. The number of nitrogens with zero attached hydrogens (tertiary/aromatic N) is 1. The lowest BCUT2D eigenvalue weighted by atomic mass is 10.4. The number of H-pyrrole nitrogens is 1. The van der Waals surface area contributed by atoms with Crippen molar-refractivity contribution < 1.29 is 0 Å². The van der Waals surface area contributed by atoms with Gasteiger partial charge in [-0.2, -0.15) is 0 Å². The minimum Gasteiger partial charge on any atom is -0.342 e. The highest BCUT2D eigenvalue weighted by Gasteiger charge is 1.89. The predicted molar refractivity (Wildman–Crippen MR) is 56.6 cm³/mol. The first-order valence-electron chi connectivity index (χ1n) is 4.63. The molecule has 1 aromatic heterocycles. The van der Waals surface area contributed by atoms with Crippen LogP contribution in [0.15, 0.2) is 12.2 Å². The van der Waals surface area contributed by atoms with Gasteiger partial charge < -0.3 is 4.98 Å². The summed E-state index contributed by atoms with van der Waals surface area (Å²) < 4.78 is 0. The Bertz CT molecular complexity index is 396. The number of aryl methyl sites for hydroxylation is 1. The van der Waals surface area contributed by atoms with Crippen LogP contribution in [0, 0.1) is 6.92 Å². The molecule has 0 aromatic carbocycles. The number of hydrogen-bond donors (Lipinski definition) is 1. The second-order valence-corrected chi connectivity index (χ2v) is 2.93. The zero-order valence-corrected chi connectivity index (χ0v) is 8.46. The molecule has 13 heavy (non-hydrogen) atoms. The Hall–Kier alpha value is -1.31. The fraction of sp³-hybridized carbons (Fsp3) is 0.364. The minimum atomic E-state index is 0.968. The Morgan fingerprint density at radius 3 is 2.85 bits per heavy atom. The van der Waals surface area contributed by atoms with Crippen molar-refractivity contribution in [2.24, 2.45) is 0 Å². The molecular formula is C11H16N2. The Morgan fingerprint density at radius 1 is 1.46 bits per heavy atom. The third kappa shape index (κ3) is 2.58. The molecule has 70 valence electrons. The maximum atomic E-state index is 4.38. The molecule has 1 heterocycles. The summed E-state index contributed by atoms with van der Waals surface area (Å²) in [5.74, 6) is 0.968. The van der Waals surface area contributed by atoms with Gasteiger partial charge in [-0.3, -0.25) is 0 Å². The lowest BCUT2D eigenvalue weighted by Crippen LogP contribution is -2.23. The lowest BCUT2D eigenvalue weighted by Gasteiger charge is -1.76. The third-order valence-corrected chi connectivity index (χ3v) is 1.73. The molecule has 0 spiro atoms. The van der Waals surface area contributed by atoms with Crippen LogP contribution in [0.3, 0.4) is 0 Å². The van der Waals surface area contributed by atoms with Gasteiger partial charge in [0.25, 0.3) is 0 Å². The first-order chi connectivity index (χ1) is 6.27. The third-order valence-electron chi connectivity index (χ3n) is 1.73. The van der Waals surface area contributed by atoms with Gasteiger partial charge in [-0.05, 0) is 26.3 Å². The quantitative estimate of drug-likeness (QED) is 0.722. The van der Waals surface area contributed by atoms with Crippen LogP contribution in [0.4, 0.5) is 0 Å². The molecular weight excluding hydrogens is 160 g/mol. The van der Waals surface area contributed by atoms with Crippen molar-refractivity contribution in [2.45, 2.75) is 27.2 Å². The van der Waals surface area contributed by atoms with E-state index >= 15 is 0 Å². The van der Waals surface area contributed by atoms with Crippen LogP contribution in [-0.2, 0) is 0 Å². The van der Waals surface area contributed by atoms with Gasteiger partial charge >= 0.3 is 0 Å². The molecule has 0 amide bonds. The van der Waals surface area contributed by atoms with E-state index in [1.165, 1.54) is 0 Å². The largest absolute Gasteiger partial charge is 0.342 e. The summed E-state index contributed by atoms with van der Waals surface area (Å²) in [6.07, 6.45) is 9.20. The summed E-state index contributed by atoms with van der Waals surface area (Å²) in [4.78, 5) is 7.59. The molecule has 0 saturated heterocycles. The summed E-state index contributed by atoms with van der Waals surface area (Å²) in [5.41, 5.74) is 0. The van der Waals surface area contributed by atoms with Crippen molar-refractivity contribution in [3.63, 3.8) is 0 Å². The normalized spacial score (nSPS) is 14.7. The second kappa shape index (κ2) is 4.65. The van der Waals surface area contributed by atoms with Gasteiger partial charge in [-0.1, -0.05) is 25.2 Å². The molecule has 1 aromatic rings. The Morgan fingerprint density at radius 2 is 2.23 bits per heavy atom. The number of hydrogen-bond acceptors (Lipinski definition) is 1. The van der Waals surface area contributed by atoms with Crippen molar-refractivity contribution in [1.29, 1.82) is 0 Å². The first kappa shape index (κ1) is 9.78. The van der Waals surface area contributed by atoms with E-state index in [1.807, 2.05) is 32.1 Å². The van der Waals surface area contributed by atoms with Gasteiger partial charge in [0.2, 0.25) is 0 Å². The smallest absolute Gasteiger partial charge is 0.104 e. The summed E-state index contributed by atoms with van der Waals surface area (Å²) >= 11 is 0. The van der Waals surface area contributed by atoms with E-state index in [2.05, 4.69) is 23.0 Å². The van der Waals surface area contributed by atoms with E-state index in [0.717, 1.165) is 22.9 Å². The van der Waals surface area contributed by atoms with Crippen molar-refractivity contribution in [3.05, 3.63) is 28.7 Å². The highest BCUT2D eigenvalue weighted by molar-refractivity contribution is 5.35. The molecule has 0 fully saturated rings. The van der Waals surface area contributed by atoms with E-state index in [1.54, 1.807) is 0 Å². The fourth-order valence-electron chi connectivity index (χ4n) is 1.20.